The van der Waals surface area contributed by atoms with Crippen molar-refractivity contribution in [2.75, 3.05) is 0 Å². The molecule has 0 radical (unpaired) electrons. The van der Waals surface area contributed by atoms with Crippen molar-refractivity contribution in [3.8, 4) is 0 Å². The van der Waals surface area contributed by atoms with Gasteiger partial charge < -0.3 is 0 Å². The van der Waals surface area contributed by atoms with Crippen LogP contribution in [0.1, 0.15) is 37.9 Å². The highest BCUT2D eigenvalue weighted by Crippen LogP contribution is 2.01. The van der Waals surface area contributed by atoms with E-state index in [4.69, 9.17) is 0 Å². The molecule has 0 saturated heterocycles. The average molecular weight is 166 g/mol. The van der Waals surface area contributed by atoms with Crippen molar-refractivity contribution in [2.24, 2.45) is 0 Å². The van der Waals surface area contributed by atoms with Gasteiger partial charge in [0.25, 0.3) is 0 Å². The molecular weight excluding hydrogens is 148 g/mol. The van der Waals surface area contributed by atoms with Crippen LogP contribution >= 0.6 is 0 Å². The lowest BCUT2D eigenvalue weighted by molar-refractivity contribution is 0.935. The Balaban J connectivity index is 0.000000561. The molecule has 0 amide bonds. The van der Waals surface area contributed by atoms with Crippen molar-refractivity contribution in [1.29, 1.82) is 0 Å². The molecule has 0 aliphatic rings. The molecule has 68 valence electrons. The van der Waals surface area contributed by atoms with Crippen LogP contribution in [-0.2, 0) is 6.42 Å². The van der Waals surface area contributed by atoms with Crippen LogP contribution < -0.4 is 0 Å². The molecule has 12 heavy (non-hydrogen) atoms. The number of rotatable bonds is 1. The zero-order valence-electron chi connectivity index (χ0n) is 8.68. The molecule has 0 aliphatic heterocycles. The first-order valence-electron chi connectivity index (χ1n) is 4.53. The van der Waals surface area contributed by atoms with E-state index in [-0.39, 0.29) is 0 Å². The predicted octanol–water partition coefficient (Wildman–Crippen LogP) is 2.68. The quantitative estimate of drug-likeness (QED) is 0.641. The monoisotopic (exact) mass is 166 g/mol. The van der Waals surface area contributed by atoms with Gasteiger partial charge in [-0.3, -0.25) is 9.97 Å². The highest BCUT2D eigenvalue weighted by molar-refractivity contribution is 5.11. The van der Waals surface area contributed by atoms with Gasteiger partial charge in [0.1, 0.15) is 0 Å². The molecule has 1 rings (SSSR count). The zero-order valence-corrected chi connectivity index (χ0v) is 8.68. The maximum absolute atomic E-state index is 4.28. The molecule has 0 bridgehead atoms. The third kappa shape index (κ3) is 2.99. The first kappa shape index (κ1) is 11.1. The zero-order chi connectivity index (χ0) is 9.56. The van der Waals surface area contributed by atoms with Gasteiger partial charge in [0.05, 0.1) is 17.1 Å². The van der Waals surface area contributed by atoms with E-state index in [1.54, 1.807) is 0 Å². The van der Waals surface area contributed by atoms with Crippen molar-refractivity contribution in [3.05, 3.63) is 23.3 Å². The number of aryl methyl sites for hydroxylation is 3. The van der Waals surface area contributed by atoms with Gasteiger partial charge in [-0.05, 0) is 20.3 Å². The van der Waals surface area contributed by atoms with Gasteiger partial charge in [0.2, 0.25) is 0 Å². The Labute approximate surface area is 75.1 Å². The van der Waals surface area contributed by atoms with E-state index in [2.05, 4.69) is 16.9 Å². The Bertz CT molecular complexity index is 231. The summed E-state index contributed by atoms with van der Waals surface area (Å²) in [5, 5.41) is 0. The molecule has 0 fully saturated rings. The summed E-state index contributed by atoms with van der Waals surface area (Å²) >= 11 is 0. The summed E-state index contributed by atoms with van der Waals surface area (Å²) in [6, 6.07) is 0. The van der Waals surface area contributed by atoms with Crippen molar-refractivity contribution < 1.29 is 0 Å². The molecule has 1 heterocycles. The summed E-state index contributed by atoms with van der Waals surface area (Å²) < 4.78 is 0. The van der Waals surface area contributed by atoms with Crippen LogP contribution in [0.15, 0.2) is 6.20 Å². The number of hydrogen-bond acceptors (Lipinski definition) is 2. The molecule has 0 saturated carbocycles. The van der Waals surface area contributed by atoms with Crippen molar-refractivity contribution in [1.82, 2.24) is 9.97 Å². The molecular formula is C10H18N2. The molecule has 1 aromatic rings. The van der Waals surface area contributed by atoms with Gasteiger partial charge >= 0.3 is 0 Å². The molecule has 1 aromatic heterocycles. The number of aromatic nitrogens is 2. The van der Waals surface area contributed by atoms with Gasteiger partial charge in [0, 0.05) is 6.20 Å². The minimum Gasteiger partial charge on any atom is -0.258 e. The maximum atomic E-state index is 4.28. The topological polar surface area (TPSA) is 25.8 Å². The third-order valence-corrected chi connectivity index (χ3v) is 1.50. The molecule has 2 nitrogen and oxygen atoms in total. The van der Waals surface area contributed by atoms with Crippen molar-refractivity contribution in [3.63, 3.8) is 0 Å². The Kier molecular flexibility index (Phi) is 5.26. The Morgan fingerprint density at radius 3 is 2.25 bits per heavy atom. The molecule has 0 spiro atoms. The first-order valence-corrected chi connectivity index (χ1v) is 4.53. The third-order valence-electron chi connectivity index (χ3n) is 1.50. The van der Waals surface area contributed by atoms with Gasteiger partial charge in [0.15, 0.2) is 0 Å². The fourth-order valence-corrected chi connectivity index (χ4v) is 0.970. The first-order chi connectivity index (χ1) is 5.74. The summed E-state index contributed by atoms with van der Waals surface area (Å²) in [6.07, 6.45) is 2.78. The normalized spacial score (nSPS) is 8.75. The van der Waals surface area contributed by atoms with E-state index < -0.39 is 0 Å². The molecule has 0 atom stereocenters. The predicted molar refractivity (Wildman–Crippen MR) is 52.2 cm³/mol. The van der Waals surface area contributed by atoms with Crippen LogP contribution in [0.25, 0.3) is 0 Å². The summed E-state index contributed by atoms with van der Waals surface area (Å²) in [6.45, 7) is 10.0. The molecule has 2 heteroatoms. The van der Waals surface area contributed by atoms with E-state index >= 15 is 0 Å². The number of nitrogens with zero attached hydrogens (tertiary/aromatic N) is 2. The standard InChI is InChI=1S/C8H12N2.C2H6/c1-4-8-7(3)10-6(2)5-9-8;1-2/h5H,4H2,1-3H3;1-2H3. The van der Waals surface area contributed by atoms with Gasteiger partial charge in [-0.15, -0.1) is 0 Å². The highest BCUT2D eigenvalue weighted by Gasteiger charge is 1.96. The lowest BCUT2D eigenvalue weighted by Gasteiger charge is -1.99. The van der Waals surface area contributed by atoms with Crippen LogP contribution in [-0.4, -0.2) is 9.97 Å². The fourth-order valence-electron chi connectivity index (χ4n) is 0.970. The van der Waals surface area contributed by atoms with E-state index in [0.717, 1.165) is 23.5 Å². The minimum absolute atomic E-state index is 0.971. The van der Waals surface area contributed by atoms with Crippen molar-refractivity contribution >= 4 is 0 Å². The molecule has 0 aromatic carbocycles. The van der Waals surface area contributed by atoms with E-state index in [1.807, 2.05) is 33.9 Å². The van der Waals surface area contributed by atoms with Crippen LogP contribution in [0.5, 0.6) is 0 Å². The van der Waals surface area contributed by atoms with E-state index in [0.29, 0.717) is 0 Å². The second-order valence-corrected chi connectivity index (χ2v) is 2.40. The minimum atomic E-state index is 0.971. The summed E-state index contributed by atoms with van der Waals surface area (Å²) in [7, 11) is 0. The maximum Gasteiger partial charge on any atom is 0.0613 e. The van der Waals surface area contributed by atoms with Crippen LogP contribution in [0.2, 0.25) is 0 Å². The van der Waals surface area contributed by atoms with Gasteiger partial charge in [-0.25, -0.2) is 0 Å². The molecule has 0 aliphatic carbocycles. The SMILES string of the molecule is CC.CCc1ncc(C)nc1C. The Morgan fingerprint density at radius 1 is 1.25 bits per heavy atom. The fraction of sp³-hybridized carbons (Fsp3) is 0.600. The second kappa shape index (κ2) is 5.70. The summed E-state index contributed by atoms with van der Waals surface area (Å²) in [5.41, 5.74) is 3.16. The average Bonchev–Trinajstić information content (AvgIpc) is 2.08. The lowest BCUT2D eigenvalue weighted by Crippen LogP contribution is -1.96. The summed E-state index contributed by atoms with van der Waals surface area (Å²) in [5.74, 6) is 0. The van der Waals surface area contributed by atoms with Gasteiger partial charge in [-0.1, -0.05) is 20.8 Å². The van der Waals surface area contributed by atoms with E-state index in [9.17, 15) is 0 Å². The second-order valence-electron chi connectivity index (χ2n) is 2.40. The highest BCUT2D eigenvalue weighted by atomic mass is 14.8. The van der Waals surface area contributed by atoms with Crippen LogP contribution in [0.4, 0.5) is 0 Å². The van der Waals surface area contributed by atoms with Crippen LogP contribution in [0, 0.1) is 13.8 Å². The lowest BCUT2D eigenvalue weighted by atomic mass is 10.2. The number of hydrogen-bond donors (Lipinski definition) is 0. The smallest absolute Gasteiger partial charge is 0.0613 e. The van der Waals surface area contributed by atoms with E-state index in [1.165, 1.54) is 0 Å². The Hall–Kier alpha value is -0.920. The largest absolute Gasteiger partial charge is 0.258 e. The van der Waals surface area contributed by atoms with Crippen molar-refractivity contribution in [2.45, 2.75) is 41.0 Å². The van der Waals surface area contributed by atoms with Gasteiger partial charge in [-0.2, -0.15) is 0 Å². The molecule has 0 unspecified atom stereocenters. The van der Waals surface area contributed by atoms with Crippen LogP contribution in [0.3, 0.4) is 0 Å². The Morgan fingerprint density at radius 2 is 1.83 bits per heavy atom. The molecule has 0 N–H and O–H groups in total. The summed E-state index contributed by atoms with van der Waals surface area (Å²) in [4.78, 5) is 8.52.